The Balaban J connectivity index is 2.58. The van der Waals surface area contributed by atoms with E-state index in [2.05, 4.69) is 15.6 Å². The number of sulfone groups is 1. The first kappa shape index (κ1) is 21.1. The zero-order valence-electron chi connectivity index (χ0n) is 14.4. The summed E-state index contributed by atoms with van der Waals surface area (Å²) in [6, 6.07) is 5.45. The fourth-order valence-corrected chi connectivity index (χ4v) is 3.78. The van der Waals surface area contributed by atoms with Crippen molar-refractivity contribution in [3.8, 4) is 0 Å². The number of aliphatic imine (C=N–C) groups is 1. The molecule has 0 aliphatic heterocycles. The Kier molecular flexibility index (Phi) is 8.33. The Morgan fingerprint density at radius 2 is 1.83 bits per heavy atom. The molecule has 0 amide bonds. The van der Waals surface area contributed by atoms with Crippen LogP contribution in [-0.2, 0) is 9.84 Å². The van der Waals surface area contributed by atoms with Gasteiger partial charge in [-0.3, -0.25) is 4.99 Å². The smallest absolute Gasteiger partial charge is 0.191 e. The summed E-state index contributed by atoms with van der Waals surface area (Å²) in [5.74, 6) is 0.853. The fourth-order valence-electron chi connectivity index (χ4n) is 2.22. The SMILES string of the molecule is CN=C(NCC(C)c1c(Cl)cccc1Cl)NC(C)CCS(C)(=O)=O. The molecule has 24 heavy (non-hydrogen) atoms. The molecule has 1 aromatic rings. The van der Waals surface area contributed by atoms with Gasteiger partial charge in [0.25, 0.3) is 0 Å². The summed E-state index contributed by atoms with van der Waals surface area (Å²) < 4.78 is 22.5. The summed E-state index contributed by atoms with van der Waals surface area (Å²) in [5, 5.41) is 7.69. The van der Waals surface area contributed by atoms with Crippen molar-refractivity contribution in [3.05, 3.63) is 33.8 Å². The van der Waals surface area contributed by atoms with Crippen molar-refractivity contribution < 1.29 is 8.42 Å². The predicted molar refractivity (Wildman–Crippen MR) is 103 cm³/mol. The lowest BCUT2D eigenvalue weighted by atomic mass is 10.0. The molecule has 0 saturated carbocycles. The van der Waals surface area contributed by atoms with Gasteiger partial charge in [0.15, 0.2) is 5.96 Å². The van der Waals surface area contributed by atoms with Gasteiger partial charge >= 0.3 is 0 Å². The highest BCUT2D eigenvalue weighted by molar-refractivity contribution is 7.90. The van der Waals surface area contributed by atoms with Gasteiger partial charge in [-0.1, -0.05) is 36.2 Å². The molecule has 0 aliphatic carbocycles. The van der Waals surface area contributed by atoms with Gasteiger partial charge in [0.2, 0.25) is 0 Å². The van der Waals surface area contributed by atoms with Crippen LogP contribution in [0.5, 0.6) is 0 Å². The topological polar surface area (TPSA) is 70.6 Å². The van der Waals surface area contributed by atoms with Gasteiger partial charge in [0.1, 0.15) is 9.84 Å². The van der Waals surface area contributed by atoms with Gasteiger partial charge in [-0.05, 0) is 31.0 Å². The van der Waals surface area contributed by atoms with Crippen LogP contribution in [0.3, 0.4) is 0 Å². The quantitative estimate of drug-likeness (QED) is 0.551. The Bertz CT molecular complexity index is 658. The van der Waals surface area contributed by atoms with Crippen LogP contribution in [0, 0.1) is 0 Å². The summed E-state index contributed by atoms with van der Waals surface area (Å²) in [4.78, 5) is 4.16. The number of benzene rings is 1. The number of nitrogens with one attached hydrogen (secondary N) is 2. The number of guanidine groups is 1. The van der Waals surface area contributed by atoms with Crippen molar-refractivity contribution in [3.63, 3.8) is 0 Å². The standard InChI is InChI=1S/C16H25Cl2N3O2S/c1-11(15-13(17)6-5-7-14(15)18)10-20-16(19-3)21-12(2)8-9-24(4,22)23/h5-7,11-12H,8-10H2,1-4H3,(H2,19,20,21). The predicted octanol–water partition coefficient (Wildman–Crippen LogP) is 3.09. The van der Waals surface area contributed by atoms with E-state index in [1.54, 1.807) is 7.05 Å². The molecule has 0 bridgehead atoms. The zero-order valence-corrected chi connectivity index (χ0v) is 16.8. The Morgan fingerprint density at radius 1 is 1.25 bits per heavy atom. The molecular weight excluding hydrogens is 369 g/mol. The molecule has 0 saturated heterocycles. The second kappa shape index (κ2) is 9.49. The van der Waals surface area contributed by atoms with Crippen molar-refractivity contribution in [2.24, 2.45) is 4.99 Å². The molecule has 0 aromatic heterocycles. The Morgan fingerprint density at radius 3 is 2.33 bits per heavy atom. The molecule has 0 radical (unpaired) electrons. The minimum absolute atomic E-state index is 0.00914. The minimum Gasteiger partial charge on any atom is -0.356 e. The third kappa shape index (κ3) is 7.28. The van der Waals surface area contributed by atoms with Crippen LogP contribution in [0.2, 0.25) is 10.0 Å². The molecule has 0 aliphatic rings. The number of halogens is 2. The highest BCUT2D eigenvalue weighted by Gasteiger charge is 2.15. The average molecular weight is 394 g/mol. The van der Waals surface area contributed by atoms with Crippen molar-refractivity contribution in [1.29, 1.82) is 0 Å². The van der Waals surface area contributed by atoms with Gasteiger partial charge < -0.3 is 10.6 Å². The molecule has 8 heteroatoms. The summed E-state index contributed by atoms with van der Waals surface area (Å²) >= 11 is 12.5. The molecule has 5 nitrogen and oxygen atoms in total. The fraction of sp³-hybridized carbons (Fsp3) is 0.562. The molecule has 2 N–H and O–H groups in total. The lowest BCUT2D eigenvalue weighted by molar-refractivity contribution is 0.579. The lowest BCUT2D eigenvalue weighted by Gasteiger charge is -2.21. The maximum atomic E-state index is 11.2. The molecule has 0 fully saturated rings. The van der Waals surface area contributed by atoms with E-state index in [0.717, 1.165) is 5.56 Å². The molecule has 0 heterocycles. The summed E-state index contributed by atoms with van der Waals surface area (Å²) in [5.41, 5.74) is 0.897. The van der Waals surface area contributed by atoms with Gasteiger partial charge in [-0.2, -0.15) is 0 Å². The summed E-state index contributed by atoms with van der Waals surface area (Å²) in [6.07, 6.45) is 1.76. The Labute approximate surface area is 154 Å². The summed E-state index contributed by atoms with van der Waals surface area (Å²) in [6.45, 7) is 4.55. The van der Waals surface area contributed by atoms with Crippen LogP contribution < -0.4 is 10.6 Å². The molecule has 2 atom stereocenters. The second-order valence-electron chi connectivity index (χ2n) is 5.95. The maximum Gasteiger partial charge on any atom is 0.191 e. The van der Waals surface area contributed by atoms with Gasteiger partial charge in [-0.25, -0.2) is 8.42 Å². The number of hydrogen-bond donors (Lipinski definition) is 2. The molecule has 0 spiro atoms. The average Bonchev–Trinajstić information content (AvgIpc) is 2.48. The Hall–Kier alpha value is -0.980. The highest BCUT2D eigenvalue weighted by Crippen LogP contribution is 2.30. The normalized spacial score (nSPS) is 15.0. The van der Waals surface area contributed by atoms with Crippen LogP contribution in [0.4, 0.5) is 0 Å². The third-order valence-electron chi connectivity index (χ3n) is 3.60. The minimum atomic E-state index is -2.96. The summed E-state index contributed by atoms with van der Waals surface area (Å²) in [7, 11) is -1.29. The maximum absolute atomic E-state index is 11.2. The van der Waals surface area contributed by atoms with Gasteiger partial charge in [-0.15, -0.1) is 0 Å². The molecule has 2 unspecified atom stereocenters. The van der Waals surface area contributed by atoms with E-state index in [4.69, 9.17) is 23.2 Å². The van der Waals surface area contributed by atoms with Crippen LogP contribution in [0.25, 0.3) is 0 Å². The van der Waals surface area contributed by atoms with E-state index in [1.807, 2.05) is 32.0 Å². The van der Waals surface area contributed by atoms with Gasteiger partial charge in [0, 0.05) is 41.9 Å². The number of rotatable bonds is 7. The molecule has 1 rings (SSSR count). The first-order valence-corrected chi connectivity index (χ1v) is 10.5. The van der Waals surface area contributed by atoms with Gasteiger partial charge in [0.05, 0.1) is 5.75 Å². The van der Waals surface area contributed by atoms with Crippen LogP contribution in [-0.4, -0.2) is 46.0 Å². The highest BCUT2D eigenvalue weighted by atomic mass is 35.5. The van der Waals surface area contributed by atoms with E-state index >= 15 is 0 Å². The van der Waals surface area contributed by atoms with E-state index in [1.165, 1.54) is 6.26 Å². The first-order valence-electron chi connectivity index (χ1n) is 7.73. The number of nitrogens with zero attached hydrogens (tertiary/aromatic N) is 1. The van der Waals surface area contributed by atoms with Crippen LogP contribution >= 0.6 is 23.2 Å². The van der Waals surface area contributed by atoms with Crippen molar-refractivity contribution in [2.75, 3.05) is 25.6 Å². The van der Waals surface area contributed by atoms with Crippen molar-refractivity contribution in [2.45, 2.75) is 32.2 Å². The number of hydrogen-bond acceptors (Lipinski definition) is 3. The monoisotopic (exact) mass is 393 g/mol. The lowest BCUT2D eigenvalue weighted by Crippen LogP contribution is -2.43. The molecule has 136 valence electrons. The largest absolute Gasteiger partial charge is 0.356 e. The van der Waals surface area contributed by atoms with Crippen molar-refractivity contribution in [1.82, 2.24) is 10.6 Å². The van der Waals surface area contributed by atoms with Crippen LogP contribution in [0.15, 0.2) is 23.2 Å². The third-order valence-corrected chi connectivity index (χ3v) is 5.23. The van der Waals surface area contributed by atoms with E-state index in [0.29, 0.717) is 29.0 Å². The van der Waals surface area contributed by atoms with Crippen molar-refractivity contribution >= 4 is 39.0 Å². The van der Waals surface area contributed by atoms with E-state index in [-0.39, 0.29) is 17.7 Å². The second-order valence-corrected chi connectivity index (χ2v) is 9.03. The van der Waals surface area contributed by atoms with E-state index in [9.17, 15) is 8.42 Å². The first-order chi connectivity index (χ1) is 11.1. The van der Waals surface area contributed by atoms with Crippen LogP contribution in [0.1, 0.15) is 31.7 Å². The zero-order chi connectivity index (χ0) is 18.3. The molecular formula is C16H25Cl2N3O2S. The van der Waals surface area contributed by atoms with E-state index < -0.39 is 9.84 Å². The molecule has 1 aromatic carbocycles.